The van der Waals surface area contributed by atoms with Crippen LogP contribution in [0.25, 0.3) is 0 Å². The van der Waals surface area contributed by atoms with Crippen molar-refractivity contribution in [3.05, 3.63) is 24.3 Å². The molecule has 1 saturated carbocycles. The summed E-state index contributed by atoms with van der Waals surface area (Å²) in [7, 11) is 1.54. The van der Waals surface area contributed by atoms with Crippen LogP contribution in [0.5, 0.6) is 5.75 Å². The minimum absolute atomic E-state index is 0.00126. The number of methoxy groups -OCH3 is 1. The Bertz CT molecular complexity index is 690. The lowest BCUT2D eigenvalue weighted by molar-refractivity contribution is -0.189. The van der Waals surface area contributed by atoms with Crippen molar-refractivity contribution >= 4 is 17.5 Å². The summed E-state index contributed by atoms with van der Waals surface area (Å²) in [5.41, 5.74) is 0.641. The number of ether oxygens (including phenoxy) is 1. The number of carbonyl (C=O) groups is 2. The average molecular weight is 384 g/mol. The summed E-state index contributed by atoms with van der Waals surface area (Å²) in [6.07, 6.45) is -2.78. The summed E-state index contributed by atoms with van der Waals surface area (Å²) in [6, 6.07) is 5.96. The van der Waals surface area contributed by atoms with Gasteiger partial charge in [-0.1, -0.05) is 12.8 Å². The van der Waals surface area contributed by atoms with Gasteiger partial charge in [0.1, 0.15) is 5.75 Å². The van der Waals surface area contributed by atoms with E-state index in [0.717, 1.165) is 0 Å². The van der Waals surface area contributed by atoms with Gasteiger partial charge in [-0.25, -0.2) is 0 Å². The minimum atomic E-state index is -4.32. The van der Waals surface area contributed by atoms with Crippen molar-refractivity contribution in [3.8, 4) is 5.75 Å². The highest BCUT2D eigenvalue weighted by Crippen LogP contribution is 2.38. The summed E-state index contributed by atoms with van der Waals surface area (Å²) in [5, 5.41) is 2.57. The molecule has 3 atom stereocenters. The lowest BCUT2D eigenvalue weighted by Crippen LogP contribution is -2.49. The number of rotatable bonds is 4. The molecule has 1 heterocycles. The predicted octanol–water partition coefficient (Wildman–Crippen LogP) is 3.29. The number of halogens is 3. The van der Waals surface area contributed by atoms with Crippen LogP contribution >= 0.6 is 0 Å². The lowest BCUT2D eigenvalue weighted by atomic mass is 9.83. The number of hydrogen-bond donors (Lipinski definition) is 1. The Hall–Kier alpha value is -2.25. The maximum Gasteiger partial charge on any atom is 0.393 e. The molecule has 1 aliphatic heterocycles. The SMILES string of the molecule is COc1ccc(N2C[C@@H](C(=O)N[C@@H]3CCCC[C@@H]3C(F)(F)F)CC2=O)cc1. The van der Waals surface area contributed by atoms with Gasteiger partial charge in [0.25, 0.3) is 0 Å². The molecule has 1 saturated heterocycles. The standard InChI is InChI=1S/C19H23F3N2O3/c1-27-14-8-6-13(7-9-14)24-11-12(10-17(24)25)18(26)23-16-5-3-2-4-15(16)19(20,21)22/h6-9,12,15-16H,2-5,10-11H2,1H3,(H,23,26)/t12-,15-,16+/m0/s1. The van der Waals surface area contributed by atoms with Crippen molar-refractivity contribution in [1.29, 1.82) is 0 Å². The van der Waals surface area contributed by atoms with E-state index in [1.165, 1.54) is 12.0 Å². The molecule has 1 aromatic rings. The van der Waals surface area contributed by atoms with Gasteiger partial charge in [0, 0.05) is 24.7 Å². The molecule has 8 heteroatoms. The van der Waals surface area contributed by atoms with Crippen LogP contribution < -0.4 is 15.0 Å². The first-order valence-corrected chi connectivity index (χ1v) is 9.11. The minimum Gasteiger partial charge on any atom is -0.497 e. The van der Waals surface area contributed by atoms with Crippen LogP contribution in [0.3, 0.4) is 0 Å². The van der Waals surface area contributed by atoms with E-state index in [0.29, 0.717) is 30.7 Å². The van der Waals surface area contributed by atoms with Crippen molar-refractivity contribution in [2.45, 2.75) is 44.3 Å². The second-order valence-corrected chi connectivity index (χ2v) is 7.15. The van der Waals surface area contributed by atoms with E-state index in [1.807, 2.05) is 0 Å². The Morgan fingerprint density at radius 2 is 1.85 bits per heavy atom. The van der Waals surface area contributed by atoms with E-state index in [1.54, 1.807) is 24.3 Å². The Morgan fingerprint density at radius 1 is 1.19 bits per heavy atom. The summed E-state index contributed by atoms with van der Waals surface area (Å²) >= 11 is 0. The molecule has 1 aliphatic carbocycles. The summed E-state index contributed by atoms with van der Waals surface area (Å²) in [6.45, 7) is 0.167. The van der Waals surface area contributed by atoms with Gasteiger partial charge in [-0.05, 0) is 37.1 Å². The second-order valence-electron chi connectivity index (χ2n) is 7.15. The molecule has 27 heavy (non-hydrogen) atoms. The number of amides is 2. The van der Waals surface area contributed by atoms with Crippen LogP contribution in [-0.4, -0.2) is 37.7 Å². The fraction of sp³-hybridized carbons (Fsp3) is 0.579. The normalized spacial score (nSPS) is 26.1. The molecular formula is C19H23F3N2O3. The number of carbonyl (C=O) groups excluding carboxylic acids is 2. The van der Waals surface area contributed by atoms with Crippen molar-refractivity contribution in [2.24, 2.45) is 11.8 Å². The van der Waals surface area contributed by atoms with Crippen LogP contribution in [0.2, 0.25) is 0 Å². The lowest BCUT2D eigenvalue weighted by Gasteiger charge is -2.34. The van der Waals surface area contributed by atoms with Crippen LogP contribution in [-0.2, 0) is 9.59 Å². The molecule has 2 fully saturated rings. The largest absolute Gasteiger partial charge is 0.497 e. The van der Waals surface area contributed by atoms with Crippen LogP contribution in [0.4, 0.5) is 18.9 Å². The van der Waals surface area contributed by atoms with E-state index in [-0.39, 0.29) is 25.3 Å². The fourth-order valence-electron chi connectivity index (χ4n) is 3.89. The molecule has 0 aromatic heterocycles. The van der Waals surface area contributed by atoms with Gasteiger partial charge in [-0.15, -0.1) is 0 Å². The smallest absolute Gasteiger partial charge is 0.393 e. The van der Waals surface area contributed by atoms with E-state index < -0.39 is 30.0 Å². The topological polar surface area (TPSA) is 58.6 Å². The second kappa shape index (κ2) is 7.78. The predicted molar refractivity (Wildman–Crippen MR) is 93.4 cm³/mol. The molecule has 5 nitrogen and oxygen atoms in total. The highest BCUT2D eigenvalue weighted by atomic mass is 19.4. The Kier molecular flexibility index (Phi) is 5.62. The van der Waals surface area contributed by atoms with Gasteiger partial charge in [0.15, 0.2) is 0 Å². The summed E-state index contributed by atoms with van der Waals surface area (Å²) < 4.78 is 44.7. The first kappa shape index (κ1) is 19.5. The third-order valence-corrected chi connectivity index (χ3v) is 5.39. The van der Waals surface area contributed by atoms with Crippen LogP contribution in [0, 0.1) is 11.8 Å². The number of hydrogen-bond acceptors (Lipinski definition) is 3. The van der Waals surface area contributed by atoms with E-state index in [2.05, 4.69) is 5.32 Å². The molecule has 0 bridgehead atoms. The van der Waals surface area contributed by atoms with Gasteiger partial charge in [-0.2, -0.15) is 13.2 Å². The van der Waals surface area contributed by atoms with E-state index in [4.69, 9.17) is 4.74 Å². The maximum atomic E-state index is 13.2. The summed E-state index contributed by atoms with van der Waals surface area (Å²) in [5.74, 6) is -2.19. The Morgan fingerprint density at radius 3 is 2.48 bits per heavy atom. The zero-order valence-electron chi connectivity index (χ0n) is 15.1. The molecule has 0 unspecified atom stereocenters. The molecule has 1 N–H and O–H groups in total. The molecule has 2 aliphatic rings. The molecule has 148 valence electrons. The Labute approximate surface area is 155 Å². The van der Waals surface area contributed by atoms with Crippen molar-refractivity contribution in [3.63, 3.8) is 0 Å². The zero-order valence-corrected chi connectivity index (χ0v) is 15.1. The Balaban J connectivity index is 1.64. The third kappa shape index (κ3) is 4.36. The van der Waals surface area contributed by atoms with Crippen molar-refractivity contribution in [1.82, 2.24) is 5.32 Å². The van der Waals surface area contributed by atoms with Crippen molar-refractivity contribution < 1.29 is 27.5 Å². The first-order chi connectivity index (χ1) is 12.8. The highest BCUT2D eigenvalue weighted by molar-refractivity contribution is 6.00. The van der Waals surface area contributed by atoms with Gasteiger partial charge < -0.3 is 15.0 Å². The van der Waals surface area contributed by atoms with Crippen LogP contribution in [0.15, 0.2) is 24.3 Å². The maximum absolute atomic E-state index is 13.2. The quantitative estimate of drug-likeness (QED) is 0.867. The number of anilines is 1. The number of benzene rings is 1. The summed E-state index contributed by atoms with van der Waals surface area (Å²) in [4.78, 5) is 26.3. The average Bonchev–Trinajstić information content (AvgIpc) is 3.03. The molecular weight excluding hydrogens is 361 g/mol. The van der Waals surface area contributed by atoms with Gasteiger partial charge >= 0.3 is 6.18 Å². The number of alkyl halides is 3. The van der Waals surface area contributed by atoms with Crippen molar-refractivity contribution in [2.75, 3.05) is 18.6 Å². The number of nitrogens with one attached hydrogen (secondary N) is 1. The van der Waals surface area contributed by atoms with Gasteiger partial charge in [0.05, 0.1) is 18.9 Å². The molecule has 3 rings (SSSR count). The third-order valence-electron chi connectivity index (χ3n) is 5.39. The van der Waals surface area contributed by atoms with E-state index >= 15 is 0 Å². The molecule has 0 spiro atoms. The number of nitrogens with zero attached hydrogens (tertiary/aromatic N) is 1. The zero-order chi connectivity index (χ0) is 19.6. The highest BCUT2D eigenvalue weighted by Gasteiger charge is 2.47. The van der Waals surface area contributed by atoms with E-state index in [9.17, 15) is 22.8 Å². The molecule has 1 aromatic carbocycles. The van der Waals surface area contributed by atoms with Gasteiger partial charge in [0.2, 0.25) is 11.8 Å². The molecule has 0 radical (unpaired) electrons. The van der Waals surface area contributed by atoms with Crippen LogP contribution in [0.1, 0.15) is 32.1 Å². The monoisotopic (exact) mass is 384 g/mol. The first-order valence-electron chi connectivity index (χ1n) is 9.11. The van der Waals surface area contributed by atoms with Gasteiger partial charge in [-0.3, -0.25) is 9.59 Å². The molecule has 2 amide bonds. The fourth-order valence-corrected chi connectivity index (χ4v) is 3.89.